The van der Waals surface area contributed by atoms with Gasteiger partial charge in [-0.05, 0) is 46.1 Å². The Hall–Kier alpha value is -0.630. The molecule has 0 aliphatic carbocycles. The van der Waals surface area contributed by atoms with E-state index in [2.05, 4.69) is 51.8 Å². The van der Waals surface area contributed by atoms with E-state index >= 15 is 0 Å². The van der Waals surface area contributed by atoms with E-state index in [0.717, 1.165) is 6.42 Å². The maximum atomic E-state index is 12.5. The summed E-state index contributed by atoms with van der Waals surface area (Å²) in [5.74, 6) is 1.36. The zero-order chi connectivity index (χ0) is 15.2. The molecular formula is C17H33NO. The number of carbonyl (C=O) groups is 1. The van der Waals surface area contributed by atoms with Crippen LogP contribution in [0.25, 0.3) is 0 Å². The predicted molar refractivity (Wildman–Crippen MR) is 84.3 cm³/mol. The first-order valence-electron chi connectivity index (χ1n) is 7.60. The van der Waals surface area contributed by atoms with E-state index in [1.807, 2.05) is 20.8 Å². The Morgan fingerprint density at radius 1 is 1.11 bits per heavy atom. The molecule has 0 unspecified atom stereocenters. The lowest BCUT2D eigenvalue weighted by atomic mass is 9.81. The molecule has 0 aromatic heterocycles. The van der Waals surface area contributed by atoms with Crippen molar-refractivity contribution >= 4 is 5.78 Å². The van der Waals surface area contributed by atoms with Crippen LogP contribution in [-0.4, -0.2) is 29.8 Å². The van der Waals surface area contributed by atoms with E-state index in [9.17, 15) is 4.79 Å². The van der Waals surface area contributed by atoms with Crippen molar-refractivity contribution in [2.45, 2.75) is 67.0 Å². The van der Waals surface area contributed by atoms with Crippen molar-refractivity contribution in [2.75, 3.05) is 7.05 Å². The minimum atomic E-state index is 0.0280. The molecule has 0 saturated heterocycles. The normalized spacial score (nSPS) is 17.4. The van der Waals surface area contributed by atoms with Gasteiger partial charge in [0.15, 0.2) is 5.78 Å². The van der Waals surface area contributed by atoms with Crippen LogP contribution < -0.4 is 0 Å². The standard InChI is InChI=1S/C17H33NO/c1-9-10-11-14(6)15(7)16(17(19)12(2)3)18(8)13(4)5/h9-10,12-16H,11H2,1-8H3/b10-9+/t14-,15-,16+/m1/s1. The molecule has 0 amide bonds. The van der Waals surface area contributed by atoms with Gasteiger partial charge in [0.25, 0.3) is 0 Å². The van der Waals surface area contributed by atoms with Gasteiger partial charge >= 0.3 is 0 Å². The molecule has 0 aliphatic heterocycles. The highest BCUT2D eigenvalue weighted by atomic mass is 16.1. The fourth-order valence-electron chi connectivity index (χ4n) is 2.37. The number of rotatable bonds is 8. The first kappa shape index (κ1) is 18.4. The zero-order valence-electron chi connectivity index (χ0n) is 14.1. The van der Waals surface area contributed by atoms with Crippen LogP contribution in [0.4, 0.5) is 0 Å². The minimum absolute atomic E-state index is 0.0280. The second-order valence-electron chi connectivity index (χ2n) is 6.40. The Morgan fingerprint density at radius 3 is 2.00 bits per heavy atom. The maximum absolute atomic E-state index is 12.5. The third-order valence-electron chi connectivity index (χ3n) is 4.25. The van der Waals surface area contributed by atoms with Gasteiger partial charge in [-0.25, -0.2) is 0 Å². The number of hydrogen-bond donors (Lipinski definition) is 0. The molecule has 2 heteroatoms. The maximum Gasteiger partial charge on any atom is 0.152 e. The van der Waals surface area contributed by atoms with Crippen molar-refractivity contribution in [2.24, 2.45) is 17.8 Å². The van der Waals surface area contributed by atoms with Gasteiger partial charge in [-0.3, -0.25) is 9.69 Å². The summed E-state index contributed by atoms with van der Waals surface area (Å²) in [6.45, 7) is 14.8. The van der Waals surface area contributed by atoms with E-state index < -0.39 is 0 Å². The molecule has 0 aromatic carbocycles. The van der Waals surface area contributed by atoms with Gasteiger partial charge < -0.3 is 0 Å². The third-order valence-corrected chi connectivity index (χ3v) is 4.25. The molecule has 0 rings (SSSR count). The SMILES string of the molecule is C/C=C/C[C@@H](C)[C@@H](C)[C@@H](C(=O)C(C)C)N(C)C(C)C. The number of carbonyl (C=O) groups excluding carboxylic acids is 1. The average Bonchev–Trinajstić information content (AvgIpc) is 2.35. The van der Waals surface area contributed by atoms with Crippen molar-refractivity contribution in [1.29, 1.82) is 0 Å². The molecular weight excluding hydrogens is 234 g/mol. The molecule has 0 aliphatic rings. The van der Waals surface area contributed by atoms with Crippen LogP contribution in [0.3, 0.4) is 0 Å². The van der Waals surface area contributed by atoms with Crippen molar-refractivity contribution in [3.63, 3.8) is 0 Å². The summed E-state index contributed by atoms with van der Waals surface area (Å²) in [6.07, 6.45) is 5.34. The highest BCUT2D eigenvalue weighted by molar-refractivity contribution is 5.86. The molecule has 0 saturated carbocycles. The molecule has 0 N–H and O–H groups in total. The van der Waals surface area contributed by atoms with Crippen molar-refractivity contribution in [3.05, 3.63) is 12.2 Å². The lowest BCUT2D eigenvalue weighted by Gasteiger charge is -2.37. The van der Waals surface area contributed by atoms with E-state index in [4.69, 9.17) is 0 Å². The summed E-state index contributed by atoms with van der Waals surface area (Å²) in [5.41, 5.74) is 0. The second-order valence-corrected chi connectivity index (χ2v) is 6.40. The molecule has 0 aromatic rings. The van der Waals surface area contributed by atoms with Crippen LogP contribution in [0.15, 0.2) is 12.2 Å². The number of nitrogens with zero attached hydrogens (tertiary/aromatic N) is 1. The largest absolute Gasteiger partial charge is 0.298 e. The summed E-state index contributed by atoms with van der Waals surface area (Å²) in [7, 11) is 2.08. The number of Topliss-reactive ketones (excluding diaryl/α,β-unsaturated/α-hetero) is 1. The quantitative estimate of drug-likeness (QED) is 0.616. The molecule has 0 radical (unpaired) electrons. The molecule has 0 heterocycles. The number of ketones is 1. The third kappa shape index (κ3) is 5.48. The fourth-order valence-corrected chi connectivity index (χ4v) is 2.37. The lowest BCUT2D eigenvalue weighted by molar-refractivity contribution is -0.130. The zero-order valence-corrected chi connectivity index (χ0v) is 14.1. The summed E-state index contributed by atoms with van der Waals surface area (Å²) in [4.78, 5) is 14.8. The Kier molecular flexibility index (Phi) is 8.24. The van der Waals surface area contributed by atoms with E-state index in [1.165, 1.54) is 0 Å². The monoisotopic (exact) mass is 267 g/mol. The minimum Gasteiger partial charge on any atom is -0.298 e. The summed E-state index contributed by atoms with van der Waals surface area (Å²) in [5, 5.41) is 0. The Bertz CT molecular complexity index is 294. The van der Waals surface area contributed by atoms with E-state index in [0.29, 0.717) is 23.7 Å². The molecule has 2 nitrogen and oxygen atoms in total. The fraction of sp³-hybridized carbons (Fsp3) is 0.824. The second kappa shape index (κ2) is 8.52. The smallest absolute Gasteiger partial charge is 0.152 e. The first-order chi connectivity index (χ1) is 8.73. The predicted octanol–water partition coefficient (Wildman–Crippen LogP) is 4.16. The number of hydrogen-bond acceptors (Lipinski definition) is 2. The molecule has 0 bridgehead atoms. The number of allylic oxidation sites excluding steroid dienone is 2. The molecule has 0 spiro atoms. The van der Waals surface area contributed by atoms with Gasteiger partial charge in [-0.15, -0.1) is 0 Å². The molecule has 19 heavy (non-hydrogen) atoms. The van der Waals surface area contributed by atoms with Crippen LogP contribution in [0.1, 0.15) is 54.9 Å². The highest BCUT2D eigenvalue weighted by Crippen LogP contribution is 2.26. The van der Waals surface area contributed by atoms with Crippen molar-refractivity contribution in [3.8, 4) is 0 Å². The van der Waals surface area contributed by atoms with Gasteiger partial charge in [-0.1, -0.05) is 39.8 Å². The average molecular weight is 267 g/mol. The van der Waals surface area contributed by atoms with Crippen LogP contribution in [0, 0.1) is 17.8 Å². The lowest BCUT2D eigenvalue weighted by Crippen LogP contribution is -2.49. The first-order valence-corrected chi connectivity index (χ1v) is 7.60. The number of likely N-dealkylation sites (N-methyl/N-ethyl adjacent to an activating group) is 1. The van der Waals surface area contributed by atoms with E-state index in [1.54, 1.807) is 0 Å². The highest BCUT2D eigenvalue weighted by Gasteiger charge is 2.33. The Morgan fingerprint density at radius 2 is 1.63 bits per heavy atom. The van der Waals surface area contributed by atoms with Crippen molar-refractivity contribution in [1.82, 2.24) is 4.90 Å². The Balaban J connectivity index is 5.06. The van der Waals surface area contributed by atoms with Gasteiger partial charge in [0.1, 0.15) is 0 Å². The van der Waals surface area contributed by atoms with Gasteiger partial charge in [-0.2, -0.15) is 0 Å². The van der Waals surface area contributed by atoms with Crippen LogP contribution in [0.2, 0.25) is 0 Å². The molecule has 3 atom stereocenters. The van der Waals surface area contributed by atoms with Crippen LogP contribution in [-0.2, 0) is 4.79 Å². The van der Waals surface area contributed by atoms with Crippen molar-refractivity contribution < 1.29 is 4.79 Å². The van der Waals surface area contributed by atoms with Gasteiger partial charge in [0.05, 0.1) is 6.04 Å². The summed E-state index contributed by atoms with van der Waals surface area (Å²) in [6, 6.07) is 0.421. The topological polar surface area (TPSA) is 20.3 Å². The van der Waals surface area contributed by atoms with Crippen LogP contribution in [0.5, 0.6) is 0 Å². The van der Waals surface area contributed by atoms with E-state index in [-0.39, 0.29) is 12.0 Å². The van der Waals surface area contributed by atoms with Gasteiger partial charge in [0, 0.05) is 12.0 Å². The Labute approximate surface area is 120 Å². The van der Waals surface area contributed by atoms with Gasteiger partial charge in [0.2, 0.25) is 0 Å². The molecule has 112 valence electrons. The summed E-state index contributed by atoms with van der Waals surface area (Å²) < 4.78 is 0. The summed E-state index contributed by atoms with van der Waals surface area (Å²) >= 11 is 0. The molecule has 0 fully saturated rings. The van der Waals surface area contributed by atoms with Crippen LogP contribution >= 0.6 is 0 Å².